The first kappa shape index (κ1) is 19.3. The number of nitrogens with zero attached hydrogens (tertiary/aromatic N) is 2. The zero-order chi connectivity index (χ0) is 19.4. The number of aromatic nitrogens is 2. The summed E-state index contributed by atoms with van der Waals surface area (Å²) in [6.45, 7) is 5.84. The lowest BCUT2D eigenvalue weighted by Crippen LogP contribution is -2.29. The number of carbonyl (C=O) groups excluding carboxylic acids is 1. The maximum absolute atomic E-state index is 13.0. The second kappa shape index (κ2) is 8.49. The Labute approximate surface area is 163 Å². The van der Waals surface area contributed by atoms with E-state index in [4.69, 9.17) is 0 Å². The van der Waals surface area contributed by atoms with Crippen molar-refractivity contribution in [3.8, 4) is 0 Å². The molecule has 1 unspecified atom stereocenters. The number of thioether (sulfide) groups is 1. The summed E-state index contributed by atoms with van der Waals surface area (Å²) in [6.07, 6.45) is 1.63. The SMILES string of the molecule is C=CCn1c(SCC(=O)NC(C)c2ccc(F)cc2)nc2sccc2c1=O. The molecule has 2 aromatic heterocycles. The Balaban J connectivity index is 1.71. The van der Waals surface area contributed by atoms with Crippen LogP contribution in [0.2, 0.25) is 0 Å². The average Bonchev–Trinajstić information content (AvgIpc) is 3.12. The average molecular weight is 404 g/mol. The standard InChI is InChI=1S/C19H18FN3O2S2/c1-3-9-23-18(25)15-8-10-26-17(15)22-19(23)27-11-16(24)21-12(2)13-4-6-14(20)7-5-13/h3-8,10,12H,1,9,11H2,2H3,(H,21,24). The number of nitrogens with one attached hydrogen (secondary N) is 1. The number of fused-ring (bicyclic) bond motifs is 1. The molecule has 5 nitrogen and oxygen atoms in total. The topological polar surface area (TPSA) is 64.0 Å². The van der Waals surface area contributed by atoms with Gasteiger partial charge in [0.2, 0.25) is 5.91 Å². The van der Waals surface area contributed by atoms with Gasteiger partial charge in [-0.15, -0.1) is 17.9 Å². The Morgan fingerprint density at radius 3 is 2.85 bits per heavy atom. The summed E-state index contributed by atoms with van der Waals surface area (Å²) in [6, 6.07) is 7.51. The molecule has 0 spiro atoms. The highest BCUT2D eigenvalue weighted by atomic mass is 32.2. The van der Waals surface area contributed by atoms with Crippen molar-refractivity contribution in [2.75, 3.05) is 5.75 Å². The van der Waals surface area contributed by atoms with Gasteiger partial charge in [-0.25, -0.2) is 9.37 Å². The van der Waals surface area contributed by atoms with Crippen molar-refractivity contribution in [2.24, 2.45) is 0 Å². The number of allylic oxidation sites excluding steroid dienone is 1. The van der Waals surface area contributed by atoms with E-state index in [0.29, 0.717) is 21.9 Å². The fourth-order valence-corrected chi connectivity index (χ4v) is 4.20. The molecule has 3 rings (SSSR count). The number of rotatable bonds is 7. The molecule has 0 radical (unpaired) electrons. The highest BCUT2D eigenvalue weighted by Crippen LogP contribution is 2.21. The van der Waals surface area contributed by atoms with Gasteiger partial charge in [-0.1, -0.05) is 30.0 Å². The minimum Gasteiger partial charge on any atom is -0.349 e. The Kier molecular flexibility index (Phi) is 6.08. The molecular formula is C19H18FN3O2S2. The minimum absolute atomic E-state index is 0.117. The molecule has 0 saturated heterocycles. The number of amides is 1. The van der Waals surface area contributed by atoms with E-state index in [1.807, 2.05) is 12.3 Å². The smallest absolute Gasteiger partial charge is 0.263 e. The first-order chi connectivity index (χ1) is 13.0. The van der Waals surface area contributed by atoms with E-state index < -0.39 is 0 Å². The van der Waals surface area contributed by atoms with Gasteiger partial charge in [0.25, 0.3) is 5.56 Å². The third-order valence-corrected chi connectivity index (χ3v) is 5.72. The lowest BCUT2D eigenvalue weighted by atomic mass is 10.1. The van der Waals surface area contributed by atoms with E-state index >= 15 is 0 Å². The van der Waals surface area contributed by atoms with Crippen molar-refractivity contribution in [1.82, 2.24) is 14.9 Å². The van der Waals surface area contributed by atoms with Gasteiger partial charge in [0.15, 0.2) is 5.16 Å². The van der Waals surface area contributed by atoms with Gasteiger partial charge in [-0.2, -0.15) is 0 Å². The van der Waals surface area contributed by atoms with Crippen molar-refractivity contribution in [1.29, 1.82) is 0 Å². The summed E-state index contributed by atoms with van der Waals surface area (Å²) in [5.41, 5.74) is 0.681. The Morgan fingerprint density at radius 2 is 2.15 bits per heavy atom. The Bertz CT molecular complexity index is 1030. The Morgan fingerprint density at radius 1 is 1.41 bits per heavy atom. The molecule has 0 saturated carbocycles. The highest BCUT2D eigenvalue weighted by Gasteiger charge is 2.15. The zero-order valence-corrected chi connectivity index (χ0v) is 16.3. The van der Waals surface area contributed by atoms with Gasteiger partial charge in [0.05, 0.1) is 17.2 Å². The van der Waals surface area contributed by atoms with E-state index in [1.54, 1.807) is 24.3 Å². The van der Waals surface area contributed by atoms with E-state index in [0.717, 1.165) is 5.56 Å². The fraction of sp³-hybridized carbons (Fsp3) is 0.211. The molecule has 0 bridgehead atoms. The number of carbonyl (C=O) groups is 1. The van der Waals surface area contributed by atoms with Crippen LogP contribution in [-0.2, 0) is 11.3 Å². The van der Waals surface area contributed by atoms with Crippen LogP contribution in [0.5, 0.6) is 0 Å². The highest BCUT2D eigenvalue weighted by molar-refractivity contribution is 7.99. The van der Waals surface area contributed by atoms with Crippen LogP contribution in [0.3, 0.4) is 0 Å². The van der Waals surface area contributed by atoms with E-state index in [2.05, 4.69) is 16.9 Å². The lowest BCUT2D eigenvalue weighted by molar-refractivity contribution is -0.119. The van der Waals surface area contributed by atoms with E-state index in [9.17, 15) is 14.0 Å². The quantitative estimate of drug-likeness (QED) is 0.371. The summed E-state index contributed by atoms with van der Waals surface area (Å²) in [5.74, 6) is -0.392. The number of hydrogen-bond donors (Lipinski definition) is 1. The van der Waals surface area contributed by atoms with Gasteiger partial charge in [0, 0.05) is 6.54 Å². The van der Waals surface area contributed by atoms with E-state index in [-0.39, 0.29) is 29.1 Å². The molecule has 1 N–H and O–H groups in total. The molecule has 3 aromatic rings. The Hall–Kier alpha value is -2.45. The first-order valence-electron chi connectivity index (χ1n) is 8.26. The number of benzene rings is 1. The zero-order valence-electron chi connectivity index (χ0n) is 14.6. The second-order valence-corrected chi connectivity index (χ2v) is 7.70. The van der Waals surface area contributed by atoms with Crippen LogP contribution >= 0.6 is 23.1 Å². The third-order valence-electron chi connectivity index (χ3n) is 3.94. The van der Waals surface area contributed by atoms with Gasteiger partial charge in [-0.3, -0.25) is 14.2 Å². The first-order valence-corrected chi connectivity index (χ1v) is 10.1. The summed E-state index contributed by atoms with van der Waals surface area (Å²) in [5, 5.41) is 5.75. The monoisotopic (exact) mass is 403 g/mol. The van der Waals surface area contributed by atoms with Crippen LogP contribution in [0.15, 0.2) is 58.3 Å². The van der Waals surface area contributed by atoms with Crippen LogP contribution in [-0.4, -0.2) is 21.2 Å². The maximum atomic E-state index is 13.0. The summed E-state index contributed by atoms with van der Waals surface area (Å²) in [7, 11) is 0. The van der Waals surface area contributed by atoms with Gasteiger partial charge >= 0.3 is 0 Å². The summed E-state index contributed by atoms with van der Waals surface area (Å²) in [4.78, 5) is 30.0. The molecule has 0 aliphatic rings. The molecule has 8 heteroatoms. The minimum atomic E-state index is -0.317. The van der Waals surface area contributed by atoms with Gasteiger partial charge < -0.3 is 5.32 Å². The molecular weight excluding hydrogens is 385 g/mol. The predicted octanol–water partition coefficient (Wildman–Crippen LogP) is 3.75. The predicted molar refractivity (Wildman–Crippen MR) is 108 cm³/mol. The lowest BCUT2D eigenvalue weighted by Gasteiger charge is -2.15. The number of thiophene rings is 1. The molecule has 1 aromatic carbocycles. The van der Waals surface area contributed by atoms with Crippen LogP contribution in [0.4, 0.5) is 4.39 Å². The molecule has 2 heterocycles. The largest absolute Gasteiger partial charge is 0.349 e. The summed E-state index contributed by atoms with van der Waals surface area (Å²) >= 11 is 2.60. The fourth-order valence-electron chi connectivity index (χ4n) is 2.58. The van der Waals surface area contributed by atoms with Crippen molar-refractivity contribution in [2.45, 2.75) is 24.7 Å². The summed E-state index contributed by atoms with van der Waals surface area (Å²) < 4.78 is 14.5. The third kappa shape index (κ3) is 4.45. The molecule has 1 amide bonds. The molecule has 0 aliphatic heterocycles. The molecule has 1 atom stereocenters. The van der Waals surface area contributed by atoms with Gasteiger partial charge in [-0.05, 0) is 36.1 Å². The maximum Gasteiger partial charge on any atom is 0.263 e. The second-order valence-electron chi connectivity index (χ2n) is 5.87. The number of halogens is 1. The van der Waals surface area contributed by atoms with Crippen molar-refractivity contribution < 1.29 is 9.18 Å². The van der Waals surface area contributed by atoms with E-state index in [1.165, 1.54) is 39.8 Å². The van der Waals surface area contributed by atoms with Crippen molar-refractivity contribution in [3.05, 3.63) is 70.1 Å². The van der Waals surface area contributed by atoms with Crippen LogP contribution in [0, 0.1) is 5.82 Å². The molecule has 0 fully saturated rings. The van der Waals surface area contributed by atoms with Gasteiger partial charge in [0.1, 0.15) is 10.6 Å². The van der Waals surface area contributed by atoms with Crippen LogP contribution in [0.1, 0.15) is 18.5 Å². The molecule has 0 aliphatic carbocycles. The van der Waals surface area contributed by atoms with Crippen LogP contribution in [0.25, 0.3) is 10.2 Å². The molecule has 27 heavy (non-hydrogen) atoms. The number of hydrogen-bond acceptors (Lipinski definition) is 5. The van der Waals surface area contributed by atoms with Crippen molar-refractivity contribution >= 4 is 39.2 Å². The molecule has 140 valence electrons. The van der Waals surface area contributed by atoms with Crippen LogP contribution < -0.4 is 10.9 Å². The normalized spacial score (nSPS) is 12.1. The van der Waals surface area contributed by atoms with Crippen molar-refractivity contribution in [3.63, 3.8) is 0 Å².